The molecule has 0 N–H and O–H groups in total. The van der Waals surface area contributed by atoms with Crippen LogP contribution < -0.4 is 4.90 Å². The van der Waals surface area contributed by atoms with E-state index in [1.165, 1.54) is 0 Å². The summed E-state index contributed by atoms with van der Waals surface area (Å²) in [7, 11) is 0. The molecule has 4 rings (SSSR count). The number of anilines is 1. The largest absolute Gasteiger partial charge is 0.442 e. The van der Waals surface area contributed by atoms with E-state index in [2.05, 4.69) is 19.9 Å². The minimum Gasteiger partial charge on any atom is -0.442 e. The van der Waals surface area contributed by atoms with E-state index in [-0.39, 0.29) is 6.10 Å². The molecule has 2 aromatic heterocycles. The zero-order chi connectivity index (χ0) is 17.1. The van der Waals surface area contributed by atoms with Crippen LogP contribution in [0.3, 0.4) is 0 Å². The van der Waals surface area contributed by atoms with Crippen LogP contribution in [0.1, 0.15) is 23.3 Å². The average Bonchev–Trinajstić information content (AvgIpc) is 3.13. The summed E-state index contributed by atoms with van der Waals surface area (Å²) in [4.78, 5) is 14.8. The molecule has 0 saturated carbocycles. The van der Waals surface area contributed by atoms with Crippen LogP contribution in [0.5, 0.6) is 0 Å². The second-order valence-corrected chi connectivity index (χ2v) is 6.21. The lowest BCUT2D eigenvalue weighted by molar-refractivity contribution is 0.0214. The maximum Gasteiger partial charge on any atom is 0.225 e. The van der Waals surface area contributed by atoms with Gasteiger partial charge in [-0.15, -0.1) is 0 Å². The monoisotopic (exact) mass is 356 g/mol. The van der Waals surface area contributed by atoms with Gasteiger partial charge in [-0.3, -0.25) is 0 Å². The Morgan fingerprint density at radius 1 is 1.20 bits per heavy atom. The molecule has 0 amide bonds. The van der Waals surface area contributed by atoms with Crippen molar-refractivity contribution in [3.63, 3.8) is 0 Å². The molecule has 1 fully saturated rings. The highest BCUT2D eigenvalue weighted by Gasteiger charge is 2.26. The van der Waals surface area contributed by atoms with E-state index >= 15 is 0 Å². The van der Waals surface area contributed by atoms with Crippen LogP contribution in [-0.2, 0) is 11.2 Å². The molecular weight excluding hydrogens is 340 g/mol. The first-order chi connectivity index (χ1) is 12.3. The molecule has 7 heteroatoms. The van der Waals surface area contributed by atoms with Crippen LogP contribution in [0.4, 0.5) is 5.82 Å². The van der Waals surface area contributed by atoms with Gasteiger partial charge in [-0.1, -0.05) is 29.8 Å². The second-order valence-electron chi connectivity index (χ2n) is 5.81. The third-order valence-electron chi connectivity index (χ3n) is 4.13. The first kappa shape index (κ1) is 16.1. The van der Waals surface area contributed by atoms with Crippen LogP contribution in [0.15, 0.2) is 53.5 Å². The Kier molecular flexibility index (Phi) is 4.63. The minimum atomic E-state index is -0.219. The fraction of sp³-hybridized carbons (Fsp3) is 0.278. The van der Waals surface area contributed by atoms with Crippen molar-refractivity contribution in [3.05, 3.63) is 71.3 Å². The number of oxazole rings is 1. The third kappa shape index (κ3) is 3.65. The molecule has 1 aliphatic rings. The molecule has 3 aromatic rings. The predicted molar refractivity (Wildman–Crippen MR) is 93.7 cm³/mol. The van der Waals surface area contributed by atoms with Crippen molar-refractivity contribution in [1.29, 1.82) is 0 Å². The summed E-state index contributed by atoms with van der Waals surface area (Å²) in [5.41, 5.74) is 1.01. The molecule has 1 saturated heterocycles. The summed E-state index contributed by atoms with van der Waals surface area (Å²) < 4.78 is 11.7. The van der Waals surface area contributed by atoms with Gasteiger partial charge in [-0.2, -0.15) is 0 Å². The van der Waals surface area contributed by atoms with E-state index in [1.807, 2.05) is 30.3 Å². The Balaban J connectivity index is 1.47. The van der Waals surface area contributed by atoms with Gasteiger partial charge in [0, 0.05) is 24.2 Å². The summed E-state index contributed by atoms with van der Waals surface area (Å²) in [5.74, 6) is 2.23. The van der Waals surface area contributed by atoms with E-state index in [4.69, 9.17) is 20.8 Å². The number of aromatic nitrogens is 3. The highest BCUT2D eigenvalue weighted by molar-refractivity contribution is 6.31. The summed E-state index contributed by atoms with van der Waals surface area (Å²) in [6.45, 7) is 2.01. The molecule has 128 valence electrons. The van der Waals surface area contributed by atoms with Crippen molar-refractivity contribution < 1.29 is 9.15 Å². The van der Waals surface area contributed by atoms with Gasteiger partial charge in [-0.25, -0.2) is 15.0 Å². The average molecular weight is 357 g/mol. The van der Waals surface area contributed by atoms with Gasteiger partial charge < -0.3 is 14.1 Å². The fourth-order valence-electron chi connectivity index (χ4n) is 2.86. The van der Waals surface area contributed by atoms with Crippen LogP contribution in [0.25, 0.3) is 0 Å². The molecule has 1 atom stereocenters. The molecule has 1 unspecified atom stereocenters. The lowest BCUT2D eigenvalue weighted by atomic mass is 10.1. The van der Waals surface area contributed by atoms with Crippen molar-refractivity contribution in [2.75, 3.05) is 24.6 Å². The van der Waals surface area contributed by atoms with Crippen LogP contribution in [-0.4, -0.2) is 34.6 Å². The number of morpholine rings is 1. The lowest BCUT2D eigenvalue weighted by Gasteiger charge is -2.32. The summed E-state index contributed by atoms with van der Waals surface area (Å²) in [5, 5.41) is 0.726. The maximum absolute atomic E-state index is 6.21. The SMILES string of the molecule is Clc1ccccc1Cc1cnc(C2CN(c3ccncn3)CCO2)o1. The number of rotatable bonds is 4. The van der Waals surface area contributed by atoms with Crippen molar-refractivity contribution in [3.8, 4) is 0 Å². The van der Waals surface area contributed by atoms with Crippen molar-refractivity contribution >= 4 is 17.4 Å². The number of hydrogen-bond acceptors (Lipinski definition) is 6. The van der Waals surface area contributed by atoms with Gasteiger partial charge in [0.2, 0.25) is 5.89 Å². The molecule has 6 nitrogen and oxygen atoms in total. The van der Waals surface area contributed by atoms with Crippen molar-refractivity contribution in [2.45, 2.75) is 12.5 Å². The first-order valence-electron chi connectivity index (χ1n) is 8.10. The quantitative estimate of drug-likeness (QED) is 0.714. The summed E-state index contributed by atoms with van der Waals surface area (Å²) in [6.07, 6.45) is 5.41. The third-order valence-corrected chi connectivity index (χ3v) is 4.49. The number of halogens is 1. The Hall–Kier alpha value is -2.44. The predicted octanol–water partition coefficient (Wildman–Crippen LogP) is 3.29. The standard InChI is InChI=1S/C18H17ClN4O2/c19-15-4-2-1-3-13(15)9-14-10-21-18(25-14)16-11-23(7-8-24-16)17-5-6-20-12-22-17/h1-6,10,12,16H,7-9,11H2. The van der Waals surface area contributed by atoms with E-state index < -0.39 is 0 Å². The van der Waals surface area contributed by atoms with Gasteiger partial charge in [0.25, 0.3) is 0 Å². The van der Waals surface area contributed by atoms with Gasteiger partial charge in [-0.05, 0) is 17.7 Å². The van der Waals surface area contributed by atoms with Crippen LogP contribution >= 0.6 is 11.6 Å². The Bertz CT molecular complexity index is 840. The minimum absolute atomic E-state index is 0.219. The highest BCUT2D eigenvalue weighted by atomic mass is 35.5. The molecule has 0 spiro atoms. The lowest BCUT2D eigenvalue weighted by Crippen LogP contribution is -2.38. The number of nitrogens with zero attached hydrogens (tertiary/aromatic N) is 4. The Labute approximate surface area is 150 Å². The normalized spacial score (nSPS) is 17.6. The number of benzene rings is 1. The van der Waals surface area contributed by atoms with Gasteiger partial charge in [0.15, 0.2) is 6.10 Å². The van der Waals surface area contributed by atoms with Crippen molar-refractivity contribution in [2.24, 2.45) is 0 Å². The zero-order valence-corrected chi connectivity index (χ0v) is 14.3. The first-order valence-corrected chi connectivity index (χ1v) is 8.48. The van der Waals surface area contributed by atoms with Gasteiger partial charge in [0.1, 0.15) is 17.9 Å². The van der Waals surface area contributed by atoms with E-state index in [0.29, 0.717) is 25.5 Å². The molecular formula is C18H17ClN4O2. The smallest absolute Gasteiger partial charge is 0.225 e. The molecule has 1 aromatic carbocycles. The van der Waals surface area contributed by atoms with Gasteiger partial charge >= 0.3 is 0 Å². The van der Waals surface area contributed by atoms with Crippen LogP contribution in [0, 0.1) is 0 Å². The van der Waals surface area contributed by atoms with Gasteiger partial charge in [0.05, 0.1) is 19.3 Å². The number of hydrogen-bond donors (Lipinski definition) is 0. The van der Waals surface area contributed by atoms with E-state index in [0.717, 1.165) is 28.7 Å². The molecule has 3 heterocycles. The fourth-order valence-corrected chi connectivity index (χ4v) is 3.06. The maximum atomic E-state index is 6.21. The van der Waals surface area contributed by atoms with Crippen LogP contribution in [0.2, 0.25) is 5.02 Å². The zero-order valence-electron chi connectivity index (χ0n) is 13.5. The molecule has 1 aliphatic heterocycles. The van der Waals surface area contributed by atoms with E-state index in [9.17, 15) is 0 Å². The molecule has 25 heavy (non-hydrogen) atoms. The second kappa shape index (κ2) is 7.21. The summed E-state index contributed by atoms with van der Waals surface area (Å²) >= 11 is 6.21. The highest BCUT2D eigenvalue weighted by Crippen LogP contribution is 2.26. The molecule has 0 aliphatic carbocycles. The van der Waals surface area contributed by atoms with E-state index in [1.54, 1.807) is 18.7 Å². The molecule has 0 bridgehead atoms. The Morgan fingerprint density at radius 2 is 2.12 bits per heavy atom. The summed E-state index contributed by atoms with van der Waals surface area (Å²) in [6, 6.07) is 9.62. The topological polar surface area (TPSA) is 64.3 Å². The van der Waals surface area contributed by atoms with Crippen molar-refractivity contribution in [1.82, 2.24) is 15.0 Å². The number of ether oxygens (including phenoxy) is 1. The Morgan fingerprint density at radius 3 is 2.96 bits per heavy atom. The molecule has 0 radical (unpaired) electrons.